The fraction of sp³-hybridized carbons (Fsp3) is 0.250. The number of hydrogen-bond donors (Lipinski definition) is 1. The van der Waals surface area contributed by atoms with Gasteiger partial charge >= 0.3 is 12.1 Å². The molecular weight excluding hydrogens is 565 g/mol. The van der Waals surface area contributed by atoms with E-state index in [9.17, 15) is 9.59 Å². The van der Waals surface area contributed by atoms with E-state index >= 15 is 0 Å². The van der Waals surface area contributed by atoms with Gasteiger partial charge in [0.15, 0.2) is 0 Å². The van der Waals surface area contributed by atoms with Gasteiger partial charge in [-0.05, 0) is 79.6 Å². The Labute approximate surface area is 248 Å². The van der Waals surface area contributed by atoms with Crippen molar-refractivity contribution in [2.75, 3.05) is 11.9 Å². The molecule has 0 radical (unpaired) electrons. The summed E-state index contributed by atoms with van der Waals surface area (Å²) in [6, 6.07) is 23.3. The molecule has 0 saturated heterocycles. The van der Waals surface area contributed by atoms with Crippen LogP contribution >= 0.6 is 34.5 Å². The monoisotopic (exact) mass is 593 g/mol. The van der Waals surface area contributed by atoms with Crippen LogP contribution in [-0.2, 0) is 19.7 Å². The highest BCUT2D eigenvalue weighted by Crippen LogP contribution is 2.49. The lowest BCUT2D eigenvalue weighted by molar-refractivity contribution is -0.146. The van der Waals surface area contributed by atoms with Crippen molar-refractivity contribution in [2.24, 2.45) is 0 Å². The van der Waals surface area contributed by atoms with Crippen LogP contribution in [-0.4, -0.2) is 18.7 Å². The molecule has 5 nitrogen and oxygen atoms in total. The maximum Gasteiger partial charge on any atom is 0.412 e. The van der Waals surface area contributed by atoms with E-state index in [1.807, 2.05) is 43.3 Å². The highest BCUT2D eigenvalue weighted by atomic mass is 35.5. The average molecular weight is 595 g/mol. The van der Waals surface area contributed by atoms with Gasteiger partial charge in [-0.25, -0.2) is 4.79 Å². The number of hydrogen-bond acceptors (Lipinski definition) is 5. The molecule has 1 saturated carbocycles. The molecule has 3 aromatic carbocycles. The van der Waals surface area contributed by atoms with Crippen molar-refractivity contribution in [3.05, 3.63) is 98.8 Å². The van der Waals surface area contributed by atoms with Gasteiger partial charge in [0.05, 0.1) is 26.9 Å². The molecule has 0 bridgehead atoms. The van der Waals surface area contributed by atoms with Crippen molar-refractivity contribution in [1.82, 2.24) is 0 Å². The minimum Gasteiger partial charge on any atom is -0.465 e. The fourth-order valence-corrected chi connectivity index (χ4v) is 6.41. The Morgan fingerprint density at radius 3 is 2.35 bits per heavy atom. The molecule has 1 fully saturated rings. The van der Waals surface area contributed by atoms with Gasteiger partial charge in [-0.15, -0.1) is 11.3 Å². The van der Waals surface area contributed by atoms with E-state index in [1.165, 1.54) is 11.3 Å². The molecular formula is C32H29Cl2NO4S. The summed E-state index contributed by atoms with van der Waals surface area (Å²) in [5.74, 6) is -0.135. The zero-order valence-electron chi connectivity index (χ0n) is 22.4. The zero-order chi connectivity index (χ0) is 28.4. The van der Waals surface area contributed by atoms with Crippen molar-refractivity contribution >= 4 is 52.3 Å². The molecule has 0 aliphatic heterocycles. The van der Waals surface area contributed by atoms with Crippen LogP contribution in [0.3, 0.4) is 0 Å². The summed E-state index contributed by atoms with van der Waals surface area (Å²) in [7, 11) is 0. The number of benzene rings is 3. The molecule has 1 amide bonds. The second-order valence-electron chi connectivity index (χ2n) is 9.90. The third-order valence-corrected chi connectivity index (χ3v) is 8.88. The van der Waals surface area contributed by atoms with E-state index in [1.54, 1.807) is 19.1 Å². The highest BCUT2D eigenvalue weighted by Gasteiger charge is 2.52. The maximum atomic E-state index is 12.7. The molecule has 5 rings (SSSR count). The SMILES string of the molecule is CCOC(=O)C1(c2ccc(-c3ccc(-c4sc(Cl)cc4NC(=O)O[C@H](C)c4ccccc4Cl)cc3C)cc2)CC1. The highest BCUT2D eigenvalue weighted by molar-refractivity contribution is 7.20. The Balaban J connectivity index is 1.33. The van der Waals surface area contributed by atoms with Gasteiger partial charge in [0.2, 0.25) is 0 Å². The van der Waals surface area contributed by atoms with Crippen molar-refractivity contribution in [3.8, 4) is 21.6 Å². The third-order valence-electron chi connectivity index (χ3n) is 7.22. The van der Waals surface area contributed by atoms with Gasteiger partial charge in [0, 0.05) is 10.6 Å². The van der Waals surface area contributed by atoms with Crippen molar-refractivity contribution in [3.63, 3.8) is 0 Å². The summed E-state index contributed by atoms with van der Waals surface area (Å²) in [6.07, 6.45) is 0.537. The lowest BCUT2D eigenvalue weighted by Crippen LogP contribution is -2.23. The van der Waals surface area contributed by atoms with Crippen LogP contribution in [0.25, 0.3) is 21.6 Å². The van der Waals surface area contributed by atoms with Crippen molar-refractivity contribution in [1.29, 1.82) is 0 Å². The first-order valence-electron chi connectivity index (χ1n) is 13.1. The Morgan fingerprint density at radius 2 is 1.70 bits per heavy atom. The van der Waals surface area contributed by atoms with Gasteiger partial charge in [-0.3, -0.25) is 10.1 Å². The largest absolute Gasteiger partial charge is 0.465 e. The number of halogens is 2. The van der Waals surface area contributed by atoms with Crippen LogP contribution in [0.5, 0.6) is 0 Å². The summed E-state index contributed by atoms with van der Waals surface area (Å²) in [5, 5.41) is 3.38. The standard InChI is InChI=1S/C32H29Cl2NO4S/c1-4-38-30(36)32(15-16-32)23-12-9-21(10-13-23)24-14-11-22(17-19(24)2)29-27(18-28(34)40-29)35-31(37)39-20(3)25-7-5-6-8-26(25)33/h5-14,17-18,20H,4,15-16H2,1-3H3,(H,35,37)/t20-/m1/s1. The number of rotatable bonds is 8. The number of thiophene rings is 1. The van der Waals surface area contributed by atoms with Gasteiger partial charge < -0.3 is 9.47 Å². The Morgan fingerprint density at radius 1 is 1.00 bits per heavy atom. The van der Waals surface area contributed by atoms with Crippen LogP contribution in [0.1, 0.15) is 49.5 Å². The molecule has 206 valence electrons. The predicted octanol–water partition coefficient (Wildman–Crippen LogP) is 9.60. The van der Waals surface area contributed by atoms with Crippen molar-refractivity contribution < 1.29 is 19.1 Å². The maximum absolute atomic E-state index is 12.7. The molecule has 1 N–H and O–H groups in total. The Kier molecular flexibility index (Phi) is 8.22. The molecule has 1 aliphatic rings. The molecule has 0 unspecified atom stereocenters. The number of aryl methyl sites for hydroxylation is 1. The lowest BCUT2D eigenvalue weighted by atomic mass is 9.92. The number of ether oxygens (including phenoxy) is 2. The Hall–Kier alpha value is -3.32. The van der Waals surface area contributed by atoms with E-state index in [4.69, 9.17) is 32.7 Å². The molecule has 1 aromatic heterocycles. The molecule has 1 atom stereocenters. The second kappa shape index (κ2) is 11.7. The number of carbonyl (C=O) groups excluding carboxylic acids is 2. The van der Waals surface area contributed by atoms with Crippen LogP contribution in [0.15, 0.2) is 72.8 Å². The fourth-order valence-electron chi connectivity index (χ4n) is 4.94. The topological polar surface area (TPSA) is 64.6 Å². The summed E-state index contributed by atoms with van der Waals surface area (Å²) < 4.78 is 11.4. The third kappa shape index (κ3) is 5.75. The molecule has 8 heteroatoms. The second-order valence-corrected chi connectivity index (χ2v) is 12.0. The number of nitrogens with one attached hydrogen (secondary N) is 1. The summed E-state index contributed by atoms with van der Waals surface area (Å²) in [6.45, 7) is 6.05. The molecule has 1 heterocycles. The summed E-state index contributed by atoms with van der Waals surface area (Å²) in [4.78, 5) is 26.0. The quantitative estimate of drug-likeness (QED) is 0.206. The van der Waals surface area contributed by atoms with Crippen LogP contribution in [0.4, 0.5) is 10.5 Å². The first-order chi connectivity index (χ1) is 19.2. The molecule has 4 aromatic rings. The smallest absolute Gasteiger partial charge is 0.412 e. The summed E-state index contributed by atoms with van der Waals surface area (Å²) in [5.41, 5.74) is 5.98. The van der Waals surface area contributed by atoms with Crippen LogP contribution in [0.2, 0.25) is 9.36 Å². The van der Waals surface area contributed by atoms with Crippen LogP contribution in [0, 0.1) is 6.92 Å². The van der Waals surface area contributed by atoms with E-state index in [-0.39, 0.29) is 5.97 Å². The first-order valence-corrected chi connectivity index (χ1v) is 14.7. The molecule has 40 heavy (non-hydrogen) atoms. The number of carbonyl (C=O) groups is 2. The van der Waals surface area contributed by atoms with E-state index in [2.05, 4.69) is 36.5 Å². The molecule has 1 aliphatic carbocycles. The average Bonchev–Trinajstić information content (AvgIpc) is 3.66. The predicted molar refractivity (Wildman–Crippen MR) is 162 cm³/mol. The van der Waals surface area contributed by atoms with Gasteiger partial charge in [-0.1, -0.05) is 77.8 Å². The Bertz CT molecular complexity index is 1560. The normalized spacial score (nSPS) is 14.3. The molecule has 0 spiro atoms. The summed E-state index contributed by atoms with van der Waals surface area (Å²) >= 11 is 14.0. The lowest BCUT2D eigenvalue weighted by Gasteiger charge is -2.16. The first kappa shape index (κ1) is 28.2. The minimum atomic E-state index is -0.590. The van der Waals surface area contributed by atoms with E-state index in [0.29, 0.717) is 21.7 Å². The number of amides is 1. The van der Waals surface area contributed by atoms with Crippen LogP contribution < -0.4 is 5.32 Å². The van der Waals surface area contributed by atoms with E-state index in [0.717, 1.165) is 51.1 Å². The van der Waals surface area contributed by atoms with Gasteiger partial charge in [-0.2, -0.15) is 0 Å². The number of esters is 1. The zero-order valence-corrected chi connectivity index (χ0v) is 24.8. The van der Waals surface area contributed by atoms with Crippen molar-refractivity contribution in [2.45, 2.75) is 45.1 Å². The van der Waals surface area contributed by atoms with E-state index < -0.39 is 17.6 Å². The minimum absolute atomic E-state index is 0.135. The number of anilines is 1. The van der Waals surface area contributed by atoms with Gasteiger partial charge in [0.1, 0.15) is 6.10 Å². The van der Waals surface area contributed by atoms with Gasteiger partial charge in [0.25, 0.3) is 0 Å².